The standard InChI is InChI=1S/C19H18O2/c1-3-7-17(18(20)15-8-5-4-6-9-15)19(21)16-12-10-14(2)11-13-16/h3-6,8-13,17H,1,7H2,2H3. The van der Waals surface area contributed by atoms with Crippen molar-refractivity contribution < 1.29 is 9.59 Å². The Kier molecular flexibility index (Phi) is 4.83. The Balaban J connectivity index is 2.30. The van der Waals surface area contributed by atoms with E-state index in [0.717, 1.165) is 5.56 Å². The quantitative estimate of drug-likeness (QED) is 0.449. The molecule has 0 aliphatic heterocycles. The third-order valence-corrected chi connectivity index (χ3v) is 3.43. The predicted molar refractivity (Wildman–Crippen MR) is 84.6 cm³/mol. The molecule has 0 saturated carbocycles. The summed E-state index contributed by atoms with van der Waals surface area (Å²) in [6.45, 7) is 5.63. The second kappa shape index (κ2) is 6.80. The Bertz CT molecular complexity index is 639. The molecule has 0 fully saturated rings. The van der Waals surface area contributed by atoms with Crippen LogP contribution < -0.4 is 0 Å². The lowest BCUT2D eigenvalue weighted by Crippen LogP contribution is -2.24. The molecule has 2 aromatic carbocycles. The van der Waals surface area contributed by atoms with Crippen molar-refractivity contribution in [3.63, 3.8) is 0 Å². The van der Waals surface area contributed by atoms with Gasteiger partial charge in [-0.3, -0.25) is 9.59 Å². The second-order valence-electron chi connectivity index (χ2n) is 5.04. The fourth-order valence-corrected chi connectivity index (χ4v) is 2.22. The fraction of sp³-hybridized carbons (Fsp3) is 0.158. The number of benzene rings is 2. The molecule has 2 rings (SSSR count). The summed E-state index contributed by atoms with van der Waals surface area (Å²) in [5, 5.41) is 0. The first-order valence-electron chi connectivity index (χ1n) is 6.94. The Morgan fingerprint density at radius 3 is 2.00 bits per heavy atom. The van der Waals surface area contributed by atoms with E-state index in [1.165, 1.54) is 0 Å². The van der Waals surface area contributed by atoms with Crippen LogP contribution in [0.3, 0.4) is 0 Å². The molecule has 0 radical (unpaired) electrons. The van der Waals surface area contributed by atoms with E-state index in [2.05, 4.69) is 6.58 Å². The molecule has 0 saturated heterocycles. The minimum atomic E-state index is -0.701. The summed E-state index contributed by atoms with van der Waals surface area (Å²) in [7, 11) is 0. The van der Waals surface area contributed by atoms with E-state index in [1.54, 1.807) is 42.5 Å². The van der Waals surface area contributed by atoms with Crippen LogP contribution in [-0.4, -0.2) is 11.6 Å². The van der Waals surface area contributed by atoms with Crippen LogP contribution in [-0.2, 0) is 0 Å². The Hall–Kier alpha value is -2.48. The number of ketones is 2. The van der Waals surface area contributed by atoms with Crippen LogP contribution in [0.5, 0.6) is 0 Å². The van der Waals surface area contributed by atoms with Crippen LogP contribution in [0.1, 0.15) is 32.7 Å². The van der Waals surface area contributed by atoms with Crippen LogP contribution >= 0.6 is 0 Å². The van der Waals surface area contributed by atoms with Crippen molar-refractivity contribution >= 4 is 11.6 Å². The molecule has 0 N–H and O–H groups in total. The lowest BCUT2D eigenvalue weighted by Gasteiger charge is -2.13. The summed E-state index contributed by atoms with van der Waals surface area (Å²) in [4.78, 5) is 25.1. The van der Waals surface area contributed by atoms with Crippen molar-refractivity contribution in [1.82, 2.24) is 0 Å². The average Bonchev–Trinajstić information content (AvgIpc) is 2.53. The lowest BCUT2D eigenvalue weighted by atomic mass is 9.87. The van der Waals surface area contributed by atoms with Crippen molar-refractivity contribution in [3.8, 4) is 0 Å². The molecule has 1 unspecified atom stereocenters. The number of Topliss-reactive ketones (excluding diaryl/α,β-unsaturated/α-hetero) is 2. The zero-order valence-electron chi connectivity index (χ0n) is 12.1. The number of hydrogen-bond acceptors (Lipinski definition) is 2. The van der Waals surface area contributed by atoms with Crippen LogP contribution in [0, 0.1) is 12.8 Å². The first kappa shape index (κ1) is 14.9. The largest absolute Gasteiger partial charge is 0.293 e. The van der Waals surface area contributed by atoms with Crippen LogP contribution in [0.2, 0.25) is 0 Å². The topological polar surface area (TPSA) is 34.1 Å². The van der Waals surface area contributed by atoms with Gasteiger partial charge < -0.3 is 0 Å². The molecule has 0 aliphatic rings. The van der Waals surface area contributed by atoms with E-state index < -0.39 is 5.92 Å². The molecule has 2 heteroatoms. The predicted octanol–water partition coefficient (Wildman–Crippen LogP) is 4.25. The molecule has 0 bridgehead atoms. The van der Waals surface area contributed by atoms with Crippen molar-refractivity contribution in [2.24, 2.45) is 5.92 Å². The SMILES string of the molecule is C=CCC(C(=O)c1ccccc1)C(=O)c1ccc(C)cc1. The van der Waals surface area contributed by atoms with Crippen molar-refractivity contribution in [1.29, 1.82) is 0 Å². The highest BCUT2D eigenvalue weighted by Crippen LogP contribution is 2.19. The van der Waals surface area contributed by atoms with Gasteiger partial charge in [-0.1, -0.05) is 66.2 Å². The van der Waals surface area contributed by atoms with Crippen LogP contribution in [0.15, 0.2) is 67.3 Å². The number of hydrogen-bond donors (Lipinski definition) is 0. The number of aryl methyl sites for hydroxylation is 1. The average molecular weight is 278 g/mol. The molecule has 0 aliphatic carbocycles. The third-order valence-electron chi connectivity index (χ3n) is 3.43. The Labute approximate surface area is 125 Å². The normalized spacial score (nSPS) is 11.7. The van der Waals surface area contributed by atoms with Crippen molar-refractivity contribution in [2.75, 3.05) is 0 Å². The van der Waals surface area contributed by atoms with E-state index >= 15 is 0 Å². The molecule has 0 heterocycles. The van der Waals surface area contributed by atoms with Gasteiger partial charge in [0.1, 0.15) is 0 Å². The number of allylic oxidation sites excluding steroid dienone is 1. The summed E-state index contributed by atoms with van der Waals surface area (Å²) < 4.78 is 0. The molecule has 21 heavy (non-hydrogen) atoms. The zero-order valence-corrected chi connectivity index (χ0v) is 12.1. The third kappa shape index (κ3) is 3.54. The summed E-state index contributed by atoms with van der Waals surface area (Å²) in [6, 6.07) is 16.2. The Morgan fingerprint density at radius 2 is 1.48 bits per heavy atom. The maximum atomic E-state index is 12.6. The fourth-order valence-electron chi connectivity index (χ4n) is 2.22. The molecule has 0 amide bonds. The molecule has 1 atom stereocenters. The number of rotatable bonds is 6. The van der Waals surface area contributed by atoms with Gasteiger partial charge in [-0.2, -0.15) is 0 Å². The maximum Gasteiger partial charge on any atom is 0.174 e. The first-order valence-corrected chi connectivity index (χ1v) is 6.94. The molecule has 2 nitrogen and oxygen atoms in total. The van der Waals surface area contributed by atoms with E-state index in [9.17, 15) is 9.59 Å². The summed E-state index contributed by atoms with van der Waals surface area (Å²) in [5.74, 6) is -1.00. The van der Waals surface area contributed by atoms with Gasteiger partial charge in [-0.25, -0.2) is 0 Å². The molecule has 0 spiro atoms. The Morgan fingerprint density at radius 1 is 0.952 bits per heavy atom. The van der Waals surface area contributed by atoms with Gasteiger partial charge in [-0.15, -0.1) is 6.58 Å². The van der Waals surface area contributed by atoms with Gasteiger partial charge >= 0.3 is 0 Å². The van der Waals surface area contributed by atoms with Crippen LogP contribution in [0.4, 0.5) is 0 Å². The highest BCUT2D eigenvalue weighted by molar-refractivity contribution is 6.16. The maximum absolute atomic E-state index is 12.6. The number of carbonyl (C=O) groups excluding carboxylic acids is 2. The van der Waals surface area contributed by atoms with Gasteiger partial charge in [0.05, 0.1) is 5.92 Å². The summed E-state index contributed by atoms with van der Waals surface area (Å²) in [6.07, 6.45) is 1.97. The van der Waals surface area contributed by atoms with Crippen molar-refractivity contribution in [2.45, 2.75) is 13.3 Å². The van der Waals surface area contributed by atoms with Gasteiger partial charge in [0.25, 0.3) is 0 Å². The monoisotopic (exact) mass is 278 g/mol. The smallest absolute Gasteiger partial charge is 0.174 e. The van der Waals surface area contributed by atoms with E-state index in [4.69, 9.17) is 0 Å². The van der Waals surface area contributed by atoms with Gasteiger partial charge in [0.2, 0.25) is 0 Å². The highest BCUT2D eigenvalue weighted by Gasteiger charge is 2.27. The van der Waals surface area contributed by atoms with Gasteiger partial charge in [0, 0.05) is 11.1 Å². The van der Waals surface area contributed by atoms with Crippen molar-refractivity contribution in [3.05, 3.63) is 83.9 Å². The van der Waals surface area contributed by atoms with E-state index in [0.29, 0.717) is 17.5 Å². The summed E-state index contributed by atoms with van der Waals surface area (Å²) in [5.41, 5.74) is 2.21. The molecular formula is C19H18O2. The minimum Gasteiger partial charge on any atom is -0.293 e. The molecular weight excluding hydrogens is 260 g/mol. The lowest BCUT2D eigenvalue weighted by molar-refractivity contribution is 0.0809. The van der Waals surface area contributed by atoms with Gasteiger partial charge in [0.15, 0.2) is 11.6 Å². The summed E-state index contributed by atoms with van der Waals surface area (Å²) >= 11 is 0. The zero-order chi connectivity index (χ0) is 15.2. The first-order chi connectivity index (χ1) is 10.1. The van der Waals surface area contributed by atoms with Gasteiger partial charge in [-0.05, 0) is 13.3 Å². The molecule has 0 aromatic heterocycles. The minimum absolute atomic E-state index is 0.149. The molecule has 2 aromatic rings. The van der Waals surface area contributed by atoms with Crippen LogP contribution in [0.25, 0.3) is 0 Å². The molecule has 106 valence electrons. The van der Waals surface area contributed by atoms with E-state index in [1.807, 2.05) is 25.1 Å². The second-order valence-corrected chi connectivity index (χ2v) is 5.04. The van der Waals surface area contributed by atoms with E-state index in [-0.39, 0.29) is 11.6 Å². The number of carbonyl (C=O) groups is 2. The highest BCUT2D eigenvalue weighted by atomic mass is 16.1.